The molecule has 1 aromatic rings. The molecule has 1 aromatic carbocycles. The van der Waals surface area contributed by atoms with Gasteiger partial charge >= 0.3 is 6.09 Å². The topological polar surface area (TPSA) is 50.8 Å². The molecule has 1 heterocycles. The summed E-state index contributed by atoms with van der Waals surface area (Å²) in [6.07, 6.45) is 5.67. The van der Waals surface area contributed by atoms with E-state index in [9.17, 15) is 4.79 Å². The van der Waals surface area contributed by atoms with E-state index in [4.69, 9.17) is 9.57 Å². The second kappa shape index (κ2) is 7.11. The molecule has 1 aliphatic heterocycles. The van der Waals surface area contributed by atoms with Crippen LogP contribution in [0.4, 0.5) is 10.5 Å². The van der Waals surface area contributed by atoms with E-state index in [2.05, 4.69) is 11.5 Å². The molecule has 0 bridgehead atoms. The summed E-state index contributed by atoms with van der Waals surface area (Å²) in [6, 6.07) is 6.18. The van der Waals surface area contributed by atoms with Crippen molar-refractivity contribution in [3.05, 3.63) is 29.3 Å². The molecule has 5 heteroatoms. The first-order valence-corrected chi connectivity index (χ1v) is 8.94. The van der Waals surface area contributed by atoms with Gasteiger partial charge in [0.15, 0.2) is 0 Å². The van der Waals surface area contributed by atoms with Crippen LogP contribution in [-0.2, 0) is 22.5 Å². The van der Waals surface area contributed by atoms with Gasteiger partial charge < -0.3 is 4.74 Å². The summed E-state index contributed by atoms with van der Waals surface area (Å²) in [5.41, 5.74) is 5.87. The number of nitrogens with one attached hydrogen (secondary N) is 1. The highest BCUT2D eigenvalue weighted by molar-refractivity contribution is 5.91. The minimum atomic E-state index is -0.487. The minimum absolute atomic E-state index is 0.273. The first-order chi connectivity index (χ1) is 11.4. The Balaban J connectivity index is 1.68. The molecular weight excluding hydrogens is 304 g/mol. The van der Waals surface area contributed by atoms with Crippen LogP contribution in [0.1, 0.15) is 57.6 Å². The molecule has 132 valence electrons. The Bertz CT molecular complexity index is 589. The maximum Gasteiger partial charge on any atom is 0.414 e. The molecule has 0 saturated heterocycles. The van der Waals surface area contributed by atoms with Gasteiger partial charge in [-0.05, 0) is 51.2 Å². The van der Waals surface area contributed by atoms with E-state index in [0.29, 0.717) is 19.2 Å². The van der Waals surface area contributed by atoms with Crippen molar-refractivity contribution in [1.82, 2.24) is 5.48 Å². The first kappa shape index (κ1) is 17.2. The third-order valence-corrected chi connectivity index (χ3v) is 4.51. The fraction of sp³-hybridized carbons (Fsp3) is 0.632. The minimum Gasteiger partial charge on any atom is -0.443 e. The number of ether oxygens (including phenoxy) is 1. The zero-order chi connectivity index (χ0) is 17.2. The Labute approximate surface area is 144 Å². The van der Waals surface area contributed by atoms with Crippen LogP contribution < -0.4 is 10.4 Å². The van der Waals surface area contributed by atoms with Gasteiger partial charge in [0.1, 0.15) is 5.60 Å². The van der Waals surface area contributed by atoms with Crippen LogP contribution in [0.3, 0.4) is 0 Å². The molecule has 0 atom stereocenters. The smallest absolute Gasteiger partial charge is 0.414 e. The predicted octanol–water partition coefficient (Wildman–Crippen LogP) is 3.95. The third-order valence-electron chi connectivity index (χ3n) is 4.51. The lowest BCUT2D eigenvalue weighted by Gasteiger charge is -2.26. The van der Waals surface area contributed by atoms with E-state index < -0.39 is 5.60 Å². The lowest BCUT2D eigenvalue weighted by molar-refractivity contribution is -0.0243. The van der Waals surface area contributed by atoms with Crippen molar-refractivity contribution in [2.75, 3.05) is 11.4 Å². The number of carbonyl (C=O) groups is 1. The number of hydroxylamine groups is 1. The molecule has 0 aromatic heterocycles. The van der Waals surface area contributed by atoms with E-state index in [1.807, 2.05) is 32.9 Å². The number of nitrogens with zero attached hydrogens (tertiary/aromatic N) is 1. The molecule has 1 N–H and O–H groups in total. The second-order valence-corrected chi connectivity index (χ2v) is 7.65. The van der Waals surface area contributed by atoms with Gasteiger partial charge in [0, 0.05) is 13.1 Å². The van der Waals surface area contributed by atoms with Gasteiger partial charge in [0.25, 0.3) is 0 Å². The summed E-state index contributed by atoms with van der Waals surface area (Å²) in [5.74, 6) is 0. The molecule has 0 radical (unpaired) electrons. The lowest BCUT2D eigenvalue weighted by atomic mass is 10.1. The number of anilines is 1. The Morgan fingerprint density at radius 3 is 2.75 bits per heavy atom. The highest BCUT2D eigenvalue weighted by Crippen LogP contribution is 2.33. The monoisotopic (exact) mass is 332 g/mol. The van der Waals surface area contributed by atoms with Crippen LogP contribution in [0, 0.1) is 0 Å². The largest absolute Gasteiger partial charge is 0.443 e. The fourth-order valence-electron chi connectivity index (χ4n) is 3.42. The number of hydrogen-bond donors (Lipinski definition) is 1. The average molecular weight is 332 g/mol. The summed E-state index contributed by atoms with van der Waals surface area (Å²) in [7, 11) is 0. The van der Waals surface area contributed by atoms with E-state index >= 15 is 0 Å². The number of fused-ring (bicyclic) bond motifs is 1. The quantitative estimate of drug-likeness (QED) is 0.848. The number of rotatable bonds is 4. The Morgan fingerprint density at radius 2 is 2.04 bits per heavy atom. The van der Waals surface area contributed by atoms with Crippen molar-refractivity contribution in [1.29, 1.82) is 0 Å². The summed E-state index contributed by atoms with van der Waals surface area (Å²) < 4.78 is 5.55. The maximum atomic E-state index is 12.5. The third kappa shape index (κ3) is 4.08. The second-order valence-electron chi connectivity index (χ2n) is 7.65. The summed E-state index contributed by atoms with van der Waals surface area (Å²) in [5, 5.41) is 0. The Morgan fingerprint density at radius 1 is 1.29 bits per heavy atom. The van der Waals surface area contributed by atoms with E-state index in [-0.39, 0.29) is 6.09 Å². The van der Waals surface area contributed by atoms with Crippen LogP contribution >= 0.6 is 0 Å². The van der Waals surface area contributed by atoms with Crippen molar-refractivity contribution in [2.45, 2.75) is 71.1 Å². The number of benzene rings is 1. The van der Waals surface area contributed by atoms with Crippen LogP contribution in [0.2, 0.25) is 0 Å². The summed E-state index contributed by atoms with van der Waals surface area (Å²) >= 11 is 0. The van der Waals surface area contributed by atoms with Crippen molar-refractivity contribution >= 4 is 11.8 Å². The normalized spacial score (nSPS) is 18.0. The van der Waals surface area contributed by atoms with E-state index in [0.717, 1.165) is 30.5 Å². The molecule has 1 saturated carbocycles. The lowest BCUT2D eigenvalue weighted by Crippen LogP contribution is -2.36. The molecule has 3 rings (SSSR count). The zero-order valence-electron chi connectivity index (χ0n) is 14.9. The highest BCUT2D eigenvalue weighted by atomic mass is 16.7. The number of para-hydroxylation sites is 1. The molecule has 1 fully saturated rings. The van der Waals surface area contributed by atoms with Gasteiger partial charge in [-0.1, -0.05) is 31.0 Å². The van der Waals surface area contributed by atoms with Gasteiger partial charge in [0.2, 0.25) is 0 Å². The van der Waals surface area contributed by atoms with Crippen LogP contribution in [-0.4, -0.2) is 24.3 Å². The maximum absolute atomic E-state index is 12.5. The summed E-state index contributed by atoms with van der Waals surface area (Å²) in [4.78, 5) is 20.0. The van der Waals surface area contributed by atoms with Crippen LogP contribution in [0.25, 0.3) is 0 Å². The molecule has 0 spiro atoms. The fourth-order valence-corrected chi connectivity index (χ4v) is 3.42. The van der Waals surface area contributed by atoms with Gasteiger partial charge in [0.05, 0.1) is 11.8 Å². The number of carbonyl (C=O) groups excluding carboxylic acids is 1. The molecule has 24 heavy (non-hydrogen) atoms. The van der Waals surface area contributed by atoms with Gasteiger partial charge in [-0.2, -0.15) is 5.48 Å². The molecule has 0 unspecified atom stereocenters. The zero-order valence-corrected chi connectivity index (χ0v) is 14.9. The van der Waals surface area contributed by atoms with Crippen LogP contribution in [0.5, 0.6) is 0 Å². The van der Waals surface area contributed by atoms with Gasteiger partial charge in [-0.25, -0.2) is 4.79 Å². The molecule has 2 aliphatic rings. The SMILES string of the molecule is CC(C)(C)OC(=O)N1CCc2cccc(CNOC3CCCC3)c21. The van der Waals surface area contributed by atoms with Gasteiger partial charge in [-0.3, -0.25) is 9.74 Å². The van der Waals surface area contributed by atoms with Gasteiger partial charge in [-0.15, -0.1) is 0 Å². The van der Waals surface area contributed by atoms with E-state index in [1.54, 1.807) is 4.90 Å². The highest BCUT2D eigenvalue weighted by Gasteiger charge is 2.30. The average Bonchev–Trinajstić information content (AvgIpc) is 3.14. The number of hydrogen-bond acceptors (Lipinski definition) is 4. The van der Waals surface area contributed by atoms with Crippen molar-refractivity contribution in [2.24, 2.45) is 0 Å². The standard InChI is InChI=1S/C19H28N2O3/c1-19(2,3)23-18(22)21-12-11-14-7-6-8-15(17(14)21)13-20-24-16-9-4-5-10-16/h6-8,16,20H,4-5,9-13H2,1-3H3. The molecule has 1 amide bonds. The first-order valence-electron chi connectivity index (χ1n) is 8.94. The molecule has 1 aliphatic carbocycles. The predicted molar refractivity (Wildman–Crippen MR) is 93.9 cm³/mol. The Hall–Kier alpha value is -1.59. The van der Waals surface area contributed by atoms with E-state index in [1.165, 1.54) is 18.4 Å². The molecular formula is C19H28N2O3. The van der Waals surface area contributed by atoms with Crippen molar-refractivity contribution in [3.8, 4) is 0 Å². The van der Waals surface area contributed by atoms with Crippen molar-refractivity contribution < 1.29 is 14.4 Å². The summed E-state index contributed by atoms with van der Waals surface area (Å²) in [6.45, 7) is 6.95. The molecule has 5 nitrogen and oxygen atoms in total. The number of amides is 1. The van der Waals surface area contributed by atoms with Crippen molar-refractivity contribution in [3.63, 3.8) is 0 Å². The van der Waals surface area contributed by atoms with Crippen LogP contribution in [0.15, 0.2) is 18.2 Å². The Kier molecular flexibility index (Phi) is 5.11.